The molecule has 25 heavy (non-hydrogen) atoms. The summed E-state index contributed by atoms with van der Waals surface area (Å²) in [6, 6.07) is 10.3. The molecule has 2 aromatic rings. The van der Waals surface area contributed by atoms with Gasteiger partial charge in [-0.3, -0.25) is 14.6 Å². The Labute approximate surface area is 152 Å². The molecule has 0 spiro atoms. The van der Waals surface area contributed by atoms with Gasteiger partial charge in [0.05, 0.1) is 6.04 Å². The Balaban J connectivity index is 1.42. The molecule has 1 aromatic heterocycles. The number of thiophene rings is 1. The molecule has 0 aliphatic carbocycles. The maximum Gasteiger partial charge on any atom is 0.237 e. The molecule has 0 bridgehead atoms. The third-order valence-electron chi connectivity index (χ3n) is 4.67. The van der Waals surface area contributed by atoms with Gasteiger partial charge in [0.1, 0.15) is 5.82 Å². The lowest BCUT2D eigenvalue weighted by Gasteiger charge is -2.37. The lowest BCUT2D eigenvalue weighted by Crippen LogP contribution is -2.53. The fourth-order valence-electron chi connectivity index (χ4n) is 3.04. The van der Waals surface area contributed by atoms with Gasteiger partial charge in [-0.05, 0) is 36.1 Å². The first-order valence-electron chi connectivity index (χ1n) is 8.63. The van der Waals surface area contributed by atoms with Gasteiger partial charge >= 0.3 is 0 Å². The zero-order valence-electron chi connectivity index (χ0n) is 14.5. The Bertz CT molecular complexity index is 666. The zero-order chi connectivity index (χ0) is 17.6. The van der Waals surface area contributed by atoms with Crippen LogP contribution in [0.3, 0.4) is 0 Å². The lowest BCUT2D eigenvalue weighted by atomic mass is 10.2. The molecule has 1 saturated heterocycles. The minimum Gasteiger partial charge on any atom is -0.351 e. The fourth-order valence-corrected chi connectivity index (χ4v) is 3.78. The van der Waals surface area contributed by atoms with Gasteiger partial charge in [-0.15, -0.1) is 11.3 Å². The summed E-state index contributed by atoms with van der Waals surface area (Å²) >= 11 is 1.79. The van der Waals surface area contributed by atoms with Crippen LogP contribution in [0.2, 0.25) is 0 Å². The van der Waals surface area contributed by atoms with Crippen molar-refractivity contribution in [3.63, 3.8) is 0 Å². The highest BCUT2D eigenvalue weighted by Crippen LogP contribution is 2.14. The summed E-state index contributed by atoms with van der Waals surface area (Å²) < 4.78 is 12.9. The van der Waals surface area contributed by atoms with Gasteiger partial charge in [-0.25, -0.2) is 4.39 Å². The minimum atomic E-state index is -0.260. The van der Waals surface area contributed by atoms with Crippen LogP contribution in [0.25, 0.3) is 0 Å². The molecule has 1 amide bonds. The van der Waals surface area contributed by atoms with Crippen LogP contribution >= 0.6 is 11.3 Å². The van der Waals surface area contributed by atoms with Crippen LogP contribution in [0.4, 0.5) is 4.39 Å². The highest BCUT2D eigenvalue weighted by atomic mass is 32.1. The third-order valence-corrected chi connectivity index (χ3v) is 5.53. The molecule has 3 rings (SSSR count). The van der Waals surface area contributed by atoms with E-state index in [-0.39, 0.29) is 17.8 Å². The quantitative estimate of drug-likeness (QED) is 0.859. The number of hydrogen-bond acceptors (Lipinski definition) is 4. The molecule has 1 atom stereocenters. The van der Waals surface area contributed by atoms with Gasteiger partial charge < -0.3 is 5.32 Å². The summed E-state index contributed by atoms with van der Waals surface area (Å²) in [6.07, 6.45) is 0. The summed E-state index contributed by atoms with van der Waals surface area (Å²) in [6.45, 7) is 7.14. The molecular formula is C19H24FN3OS. The average Bonchev–Trinajstić information content (AvgIpc) is 3.14. The van der Waals surface area contributed by atoms with Crippen molar-refractivity contribution in [2.75, 3.05) is 26.2 Å². The molecule has 0 unspecified atom stereocenters. The fraction of sp³-hybridized carbons (Fsp3) is 0.421. The predicted octanol–water partition coefficient (Wildman–Crippen LogP) is 2.71. The number of nitrogens with zero attached hydrogens (tertiary/aromatic N) is 2. The second-order valence-electron chi connectivity index (χ2n) is 6.41. The Hall–Kier alpha value is -1.76. The van der Waals surface area contributed by atoms with E-state index in [1.165, 1.54) is 17.0 Å². The van der Waals surface area contributed by atoms with E-state index in [9.17, 15) is 9.18 Å². The van der Waals surface area contributed by atoms with E-state index in [1.54, 1.807) is 23.5 Å². The van der Waals surface area contributed by atoms with Gasteiger partial charge in [0.15, 0.2) is 0 Å². The number of amides is 1. The molecule has 1 aromatic carbocycles. The number of rotatable bonds is 6. The topological polar surface area (TPSA) is 35.6 Å². The van der Waals surface area contributed by atoms with Crippen LogP contribution in [-0.4, -0.2) is 47.9 Å². The van der Waals surface area contributed by atoms with Crippen molar-refractivity contribution in [2.24, 2.45) is 0 Å². The Morgan fingerprint density at radius 3 is 2.56 bits per heavy atom. The normalized spacial score (nSPS) is 17.4. The van der Waals surface area contributed by atoms with Crippen LogP contribution in [0.1, 0.15) is 17.4 Å². The number of piperazine rings is 1. The number of carbonyl (C=O) groups excluding carboxylic acids is 1. The van der Waals surface area contributed by atoms with Crippen molar-refractivity contribution in [3.8, 4) is 0 Å². The SMILES string of the molecule is C[C@@H](C(=O)NCc1ccc(F)cc1)N1CCN(Cc2cccs2)CC1. The molecule has 1 N–H and O–H groups in total. The monoisotopic (exact) mass is 361 g/mol. The second-order valence-corrected chi connectivity index (χ2v) is 7.44. The van der Waals surface area contributed by atoms with Crippen molar-refractivity contribution < 1.29 is 9.18 Å². The van der Waals surface area contributed by atoms with E-state index in [0.29, 0.717) is 6.54 Å². The molecule has 0 radical (unpaired) electrons. The third kappa shape index (κ3) is 5.11. The number of benzene rings is 1. The van der Waals surface area contributed by atoms with Gasteiger partial charge in [0.25, 0.3) is 0 Å². The molecule has 2 heterocycles. The molecule has 6 heteroatoms. The first kappa shape index (κ1) is 18.0. The van der Waals surface area contributed by atoms with Gasteiger partial charge in [0, 0.05) is 44.1 Å². The van der Waals surface area contributed by atoms with E-state index in [0.717, 1.165) is 38.3 Å². The number of halogens is 1. The Kier molecular flexibility index (Phi) is 6.18. The van der Waals surface area contributed by atoms with Crippen molar-refractivity contribution in [1.29, 1.82) is 0 Å². The van der Waals surface area contributed by atoms with E-state index < -0.39 is 0 Å². The minimum absolute atomic E-state index is 0.0241. The van der Waals surface area contributed by atoms with Gasteiger partial charge in [0.2, 0.25) is 5.91 Å². The zero-order valence-corrected chi connectivity index (χ0v) is 15.3. The van der Waals surface area contributed by atoms with Crippen molar-refractivity contribution >= 4 is 17.2 Å². The predicted molar refractivity (Wildman–Crippen MR) is 98.9 cm³/mol. The average molecular weight is 361 g/mol. The van der Waals surface area contributed by atoms with Gasteiger partial charge in [-0.1, -0.05) is 18.2 Å². The number of hydrogen-bond donors (Lipinski definition) is 1. The molecule has 134 valence electrons. The highest BCUT2D eigenvalue weighted by Gasteiger charge is 2.25. The summed E-state index contributed by atoms with van der Waals surface area (Å²) in [5.74, 6) is -0.236. The number of carbonyl (C=O) groups is 1. The van der Waals surface area contributed by atoms with Crippen molar-refractivity contribution in [2.45, 2.75) is 26.1 Å². The van der Waals surface area contributed by atoms with Crippen LogP contribution in [0.15, 0.2) is 41.8 Å². The van der Waals surface area contributed by atoms with Crippen LogP contribution in [-0.2, 0) is 17.9 Å². The Morgan fingerprint density at radius 2 is 1.92 bits per heavy atom. The molecule has 1 fully saturated rings. The van der Waals surface area contributed by atoms with E-state index in [1.807, 2.05) is 6.92 Å². The Morgan fingerprint density at radius 1 is 1.20 bits per heavy atom. The first-order chi connectivity index (χ1) is 12.1. The van der Waals surface area contributed by atoms with E-state index in [4.69, 9.17) is 0 Å². The summed E-state index contributed by atoms with van der Waals surface area (Å²) in [4.78, 5) is 18.4. The largest absolute Gasteiger partial charge is 0.351 e. The number of nitrogens with one attached hydrogen (secondary N) is 1. The van der Waals surface area contributed by atoms with Gasteiger partial charge in [-0.2, -0.15) is 0 Å². The van der Waals surface area contributed by atoms with Crippen molar-refractivity contribution in [1.82, 2.24) is 15.1 Å². The summed E-state index contributed by atoms with van der Waals surface area (Å²) in [5.41, 5.74) is 0.905. The molecule has 0 saturated carbocycles. The summed E-state index contributed by atoms with van der Waals surface area (Å²) in [7, 11) is 0. The second kappa shape index (κ2) is 8.56. The van der Waals surface area contributed by atoms with E-state index in [2.05, 4.69) is 32.6 Å². The lowest BCUT2D eigenvalue weighted by molar-refractivity contribution is -0.126. The maximum atomic E-state index is 12.9. The molecule has 4 nitrogen and oxygen atoms in total. The van der Waals surface area contributed by atoms with Crippen molar-refractivity contribution in [3.05, 3.63) is 58.0 Å². The van der Waals surface area contributed by atoms with Crippen LogP contribution < -0.4 is 5.32 Å². The maximum absolute atomic E-state index is 12.9. The first-order valence-corrected chi connectivity index (χ1v) is 9.51. The molecule has 1 aliphatic heterocycles. The van der Waals surface area contributed by atoms with Crippen LogP contribution in [0.5, 0.6) is 0 Å². The molecule has 1 aliphatic rings. The highest BCUT2D eigenvalue weighted by molar-refractivity contribution is 7.09. The van der Waals surface area contributed by atoms with Crippen LogP contribution in [0, 0.1) is 5.82 Å². The van der Waals surface area contributed by atoms with E-state index >= 15 is 0 Å². The summed E-state index contributed by atoms with van der Waals surface area (Å²) in [5, 5.41) is 5.06. The molecular weight excluding hydrogens is 337 g/mol. The smallest absolute Gasteiger partial charge is 0.237 e. The standard InChI is InChI=1S/C19H24FN3OS/c1-15(19(24)21-13-16-4-6-17(20)7-5-16)23-10-8-22(9-11-23)14-18-3-2-12-25-18/h2-7,12,15H,8-11,13-14H2,1H3,(H,21,24)/t15-/m0/s1.